The number of hydrogen-bond donors (Lipinski definition) is 0. The zero-order valence-corrected chi connectivity index (χ0v) is 20.6. The second kappa shape index (κ2) is 7.99. The van der Waals surface area contributed by atoms with Gasteiger partial charge in [0, 0.05) is 11.1 Å². The van der Waals surface area contributed by atoms with Crippen molar-refractivity contribution in [2.75, 3.05) is 0 Å². The van der Waals surface area contributed by atoms with Crippen molar-refractivity contribution in [3.63, 3.8) is 0 Å². The third-order valence-electron chi connectivity index (χ3n) is 7.93. The molecule has 0 unspecified atom stereocenters. The smallest absolute Gasteiger partial charge is 0.193 e. The molecular formula is C37H22O. The van der Waals surface area contributed by atoms with E-state index in [9.17, 15) is 4.79 Å². The Balaban J connectivity index is 1.23. The molecule has 0 heterocycles. The van der Waals surface area contributed by atoms with Gasteiger partial charge in [0.05, 0.1) is 0 Å². The molecule has 0 amide bonds. The molecule has 0 radical (unpaired) electrons. The number of carbonyl (C=O) groups is 1. The number of rotatable bonds is 2. The molecule has 0 saturated carbocycles. The Kier molecular flexibility index (Phi) is 4.44. The molecule has 38 heavy (non-hydrogen) atoms. The fraction of sp³-hybridized carbons (Fsp3) is 0. The Bertz CT molecular complexity index is 2090. The van der Waals surface area contributed by atoms with E-state index in [0.717, 1.165) is 10.8 Å². The summed E-state index contributed by atoms with van der Waals surface area (Å²) in [6, 6.07) is 46.6. The minimum atomic E-state index is 0.0472. The fourth-order valence-corrected chi connectivity index (χ4v) is 5.96. The van der Waals surface area contributed by atoms with Crippen molar-refractivity contribution < 1.29 is 4.79 Å². The van der Waals surface area contributed by atoms with Gasteiger partial charge in [-0.2, -0.15) is 0 Å². The van der Waals surface area contributed by atoms with Crippen LogP contribution in [0.3, 0.4) is 0 Å². The SMILES string of the molecule is O=C(c1ccc2c(ccc3cc4ccccc4cc32)c1)c1ccc2c(ccc3cc4ccccc4cc32)c1. The van der Waals surface area contributed by atoms with Crippen LogP contribution >= 0.6 is 0 Å². The van der Waals surface area contributed by atoms with Gasteiger partial charge < -0.3 is 0 Å². The first kappa shape index (κ1) is 21.1. The van der Waals surface area contributed by atoms with Crippen LogP contribution < -0.4 is 0 Å². The van der Waals surface area contributed by atoms with Crippen molar-refractivity contribution in [3.8, 4) is 0 Å². The third kappa shape index (κ3) is 3.22. The maximum absolute atomic E-state index is 13.6. The molecule has 8 aromatic rings. The summed E-state index contributed by atoms with van der Waals surface area (Å²) >= 11 is 0. The summed E-state index contributed by atoms with van der Waals surface area (Å²) in [6.07, 6.45) is 0. The number of carbonyl (C=O) groups excluding carboxylic acids is 1. The monoisotopic (exact) mass is 482 g/mol. The highest BCUT2D eigenvalue weighted by Crippen LogP contribution is 2.32. The molecule has 176 valence electrons. The summed E-state index contributed by atoms with van der Waals surface area (Å²) in [7, 11) is 0. The van der Waals surface area contributed by atoms with Crippen LogP contribution in [0.4, 0.5) is 0 Å². The van der Waals surface area contributed by atoms with Gasteiger partial charge >= 0.3 is 0 Å². The normalized spacial score (nSPS) is 11.8. The maximum atomic E-state index is 13.6. The molecule has 1 heteroatoms. The largest absolute Gasteiger partial charge is 0.289 e. The van der Waals surface area contributed by atoms with Crippen LogP contribution in [-0.2, 0) is 0 Å². The van der Waals surface area contributed by atoms with Crippen LogP contribution in [0, 0.1) is 0 Å². The van der Waals surface area contributed by atoms with Gasteiger partial charge in [-0.3, -0.25) is 4.79 Å². The van der Waals surface area contributed by atoms with Crippen LogP contribution in [-0.4, -0.2) is 5.78 Å². The maximum Gasteiger partial charge on any atom is 0.193 e. The molecular weight excluding hydrogens is 460 g/mol. The highest BCUT2D eigenvalue weighted by molar-refractivity contribution is 6.18. The van der Waals surface area contributed by atoms with Gasteiger partial charge in [0.25, 0.3) is 0 Å². The minimum absolute atomic E-state index is 0.0472. The van der Waals surface area contributed by atoms with Gasteiger partial charge in [0.1, 0.15) is 0 Å². The first-order chi connectivity index (χ1) is 18.7. The second-order valence-corrected chi connectivity index (χ2v) is 10.2. The van der Waals surface area contributed by atoms with E-state index in [1.54, 1.807) is 0 Å². The van der Waals surface area contributed by atoms with Crippen LogP contribution in [0.1, 0.15) is 15.9 Å². The lowest BCUT2D eigenvalue weighted by Gasteiger charge is -2.10. The summed E-state index contributed by atoms with van der Waals surface area (Å²) in [5.74, 6) is 0.0472. The molecule has 8 aromatic carbocycles. The van der Waals surface area contributed by atoms with Crippen LogP contribution in [0.15, 0.2) is 133 Å². The Morgan fingerprint density at radius 2 is 0.684 bits per heavy atom. The van der Waals surface area contributed by atoms with Crippen molar-refractivity contribution in [1.82, 2.24) is 0 Å². The molecule has 8 rings (SSSR count). The quantitative estimate of drug-likeness (QED) is 0.136. The predicted molar refractivity (Wildman–Crippen MR) is 161 cm³/mol. The molecule has 0 bridgehead atoms. The summed E-state index contributed by atoms with van der Waals surface area (Å²) in [6.45, 7) is 0. The number of benzene rings is 8. The molecule has 0 aliphatic rings. The Morgan fingerprint density at radius 3 is 1.11 bits per heavy atom. The topological polar surface area (TPSA) is 17.1 Å². The van der Waals surface area contributed by atoms with E-state index < -0.39 is 0 Å². The average molecular weight is 483 g/mol. The zero-order chi connectivity index (χ0) is 25.2. The summed E-state index contributed by atoms with van der Waals surface area (Å²) in [5, 5.41) is 14.3. The highest BCUT2D eigenvalue weighted by atomic mass is 16.1. The van der Waals surface area contributed by atoms with Gasteiger partial charge in [-0.15, -0.1) is 0 Å². The highest BCUT2D eigenvalue weighted by Gasteiger charge is 2.13. The van der Waals surface area contributed by atoms with Gasteiger partial charge in [0.15, 0.2) is 5.78 Å². The lowest BCUT2D eigenvalue weighted by Crippen LogP contribution is -2.01. The number of hydrogen-bond acceptors (Lipinski definition) is 1. The van der Waals surface area contributed by atoms with Gasteiger partial charge in [-0.05, 0) is 101 Å². The number of fused-ring (bicyclic) bond motifs is 8. The van der Waals surface area contributed by atoms with Gasteiger partial charge in [0.2, 0.25) is 0 Å². The van der Waals surface area contributed by atoms with E-state index in [4.69, 9.17) is 0 Å². The second-order valence-electron chi connectivity index (χ2n) is 10.2. The van der Waals surface area contributed by atoms with E-state index in [-0.39, 0.29) is 5.78 Å². The molecule has 0 aliphatic carbocycles. The van der Waals surface area contributed by atoms with E-state index >= 15 is 0 Å². The Hall–Kier alpha value is -5.01. The molecule has 0 aromatic heterocycles. The standard InChI is InChI=1S/C37H22O/c38-37(31-13-15-33-27(19-31)9-11-29-17-23-5-1-3-7-25(23)21-35(29)33)32-14-16-34-28(20-32)10-12-30-18-24-6-2-4-8-26(24)22-36(30)34/h1-22H. The van der Waals surface area contributed by atoms with Crippen LogP contribution in [0.2, 0.25) is 0 Å². The number of ketones is 1. The Labute approximate surface area is 219 Å². The van der Waals surface area contributed by atoms with Crippen molar-refractivity contribution in [2.45, 2.75) is 0 Å². The lowest BCUT2D eigenvalue weighted by atomic mass is 9.93. The van der Waals surface area contributed by atoms with Gasteiger partial charge in [-0.25, -0.2) is 0 Å². The average Bonchev–Trinajstić information content (AvgIpc) is 2.98. The Morgan fingerprint density at radius 1 is 0.316 bits per heavy atom. The summed E-state index contributed by atoms with van der Waals surface area (Å²) < 4.78 is 0. The van der Waals surface area contributed by atoms with E-state index in [1.165, 1.54) is 53.9 Å². The van der Waals surface area contributed by atoms with Gasteiger partial charge in [-0.1, -0.05) is 97.1 Å². The van der Waals surface area contributed by atoms with E-state index in [1.807, 2.05) is 24.3 Å². The van der Waals surface area contributed by atoms with Crippen molar-refractivity contribution in [2.24, 2.45) is 0 Å². The van der Waals surface area contributed by atoms with Crippen molar-refractivity contribution >= 4 is 70.4 Å². The molecule has 0 saturated heterocycles. The fourth-order valence-electron chi connectivity index (χ4n) is 5.96. The first-order valence-corrected chi connectivity index (χ1v) is 13.0. The van der Waals surface area contributed by atoms with E-state index in [2.05, 4.69) is 109 Å². The predicted octanol–water partition coefficient (Wildman–Crippen LogP) is 9.84. The zero-order valence-electron chi connectivity index (χ0n) is 20.6. The molecule has 0 N–H and O–H groups in total. The molecule has 0 spiro atoms. The summed E-state index contributed by atoms with van der Waals surface area (Å²) in [4.78, 5) is 13.6. The minimum Gasteiger partial charge on any atom is -0.289 e. The van der Waals surface area contributed by atoms with Crippen molar-refractivity contribution in [3.05, 3.63) is 145 Å². The molecule has 0 atom stereocenters. The van der Waals surface area contributed by atoms with E-state index in [0.29, 0.717) is 11.1 Å². The molecule has 0 aliphatic heterocycles. The van der Waals surface area contributed by atoms with Crippen molar-refractivity contribution in [1.29, 1.82) is 0 Å². The molecule has 0 fully saturated rings. The van der Waals surface area contributed by atoms with Crippen LogP contribution in [0.25, 0.3) is 64.6 Å². The van der Waals surface area contributed by atoms with Crippen LogP contribution in [0.5, 0.6) is 0 Å². The summed E-state index contributed by atoms with van der Waals surface area (Å²) in [5.41, 5.74) is 1.42. The first-order valence-electron chi connectivity index (χ1n) is 13.0. The lowest BCUT2D eigenvalue weighted by molar-refractivity contribution is 0.103. The third-order valence-corrected chi connectivity index (χ3v) is 7.93. The molecule has 1 nitrogen and oxygen atoms in total.